The Morgan fingerprint density at radius 1 is 1.18 bits per heavy atom. The fourth-order valence-electron chi connectivity index (χ4n) is 1.84. The maximum Gasteiger partial charge on any atom is 0.0340 e. The molecule has 0 atom stereocenters. The summed E-state index contributed by atoms with van der Waals surface area (Å²) in [5, 5.41) is 3.18. The van der Waals surface area contributed by atoms with Crippen LogP contribution in [0.3, 0.4) is 0 Å². The SMILES string of the molecule is CNc1cccc(Cc2ccc(C(C)C)s2)c1. The molecule has 2 aromatic rings. The van der Waals surface area contributed by atoms with Gasteiger partial charge in [-0.2, -0.15) is 0 Å². The summed E-state index contributed by atoms with van der Waals surface area (Å²) in [6, 6.07) is 13.1. The summed E-state index contributed by atoms with van der Waals surface area (Å²) in [4.78, 5) is 2.92. The molecule has 2 rings (SSSR count). The minimum atomic E-state index is 0.636. The molecule has 0 bridgehead atoms. The third kappa shape index (κ3) is 3.10. The molecule has 1 nitrogen and oxygen atoms in total. The number of nitrogens with one attached hydrogen (secondary N) is 1. The van der Waals surface area contributed by atoms with Gasteiger partial charge in [-0.1, -0.05) is 26.0 Å². The van der Waals surface area contributed by atoms with E-state index >= 15 is 0 Å². The lowest BCUT2D eigenvalue weighted by atomic mass is 10.1. The van der Waals surface area contributed by atoms with Crippen LogP contribution in [0.4, 0.5) is 5.69 Å². The van der Waals surface area contributed by atoms with Gasteiger partial charge in [0.1, 0.15) is 0 Å². The fraction of sp³-hybridized carbons (Fsp3) is 0.333. The first-order valence-electron chi connectivity index (χ1n) is 6.04. The molecule has 1 heterocycles. The van der Waals surface area contributed by atoms with Gasteiger partial charge in [0.15, 0.2) is 0 Å². The summed E-state index contributed by atoms with van der Waals surface area (Å²) in [5.74, 6) is 0.636. The van der Waals surface area contributed by atoms with Gasteiger partial charge in [0.05, 0.1) is 0 Å². The van der Waals surface area contributed by atoms with Gasteiger partial charge < -0.3 is 5.32 Å². The summed E-state index contributed by atoms with van der Waals surface area (Å²) in [7, 11) is 1.96. The molecule has 0 amide bonds. The van der Waals surface area contributed by atoms with Gasteiger partial charge in [0.2, 0.25) is 0 Å². The van der Waals surface area contributed by atoms with E-state index in [-0.39, 0.29) is 0 Å². The lowest BCUT2D eigenvalue weighted by molar-refractivity contribution is 0.890. The lowest BCUT2D eigenvalue weighted by Gasteiger charge is -2.03. The Kier molecular flexibility index (Phi) is 3.85. The van der Waals surface area contributed by atoms with Crippen molar-refractivity contribution in [1.29, 1.82) is 0 Å². The molecule has 2 heteroatoms. The minimum Gasteiger partial charge on any atom is -0.388 e. The quantitative estimate of drug-likeness (QED) is 0.836. The number of hydrogen-bond donors (Lipinski definition) is 1. The first-order valence-corrected chi connectivity index (χ1v) is 6.86. The van der Waals surface area contributed by atoms with Crippen LogP contribution in [0.5, 0.6) is 0 Å². The van der Waals surface area contributed by atoms with Crippen molar-refractivity contribution in [3.05, 3.63) is 51.7 Å². The molecule has 0 fully saturated rings. The van der Waals surface area contributed by atoms with Gasteiger partial charge in [-0.15, -0.1) is 11.3 Å². The van der Waals surface area contributed by atoms with E-state index < -0.39 is 0 Å². The lowest BCUT2D eigenvalue weighted by Crippen LogP contribution is -1.90. The number of rotatable bonds is 4. The second-order valence-electron chi connectivity index (χ2n) is 4.59. The molecule has 0 spiro atoms. The summed E-state index contributed by atoms with van der Waals surface area (Å²) < 4.78 is 0. The third-order valence-corrected chi connectivity index (χ3v) is 4.23. The zero-order chi connectivity index (χ0) is 12.3. The summed E-state index contributed by atoms with van der Waals surface area (Å²) in [5.41, 5.74) is 2.55. The van der Waals surface area contributed by atoms with Crippen LogP contribution in [-0.4, -0.2) is 7.05 Å². The highest BCUT2D eigenvalue weighted by Crippen LogP contribution is 2.26. The molecule has 0 aliphatic heterocycles. The van der Waals surface area contributed by atoms with Crippen molar-refractivity contribution >= 4 is 17.0 Å². The Balaban J connectivity index is 2.13. The van der Waals surface area contributed by atoms with Gasteiger partial charge in [-0.05, 0) is 35.7 Å². The highest BCUT2D eigenvalue weighted by Gasteiger charge is 2.04. The van der Waals surface area contributed by atoms with Crippen molar-refractivity contribution < 1.29 is 0 Å². The summed E-state index contributed by atoms with van der Waals surface area (Å²) in [6.45, 7) is 4.49. The third-order valence-electron chi connectivity index (χ3n) is 2.85. The van der Waals surface area contributed by atoms with Gasteiger partial charge in [-0.25, -0.2) is 0 Å². The Bertz CT molecular complexity index is 485. The van der Waals surface area contributed by atoms with Crippen LogP contribution < -0.4 is 5.32 Å². The van der Waals surface area contributed by atoms with Crippen LogP contribution in [0.1, 0.15) is 35.1 Å². The molecule has 0 aliphatic rings. The molecule has 17 heavy (non-hydrogen) atoms. The number of benzene rings is 1. The fourth-order valence-corrected chi connectivity index (χ4v) is 2.89. The molecule has 0 saturated heterocycles. The topological polar surface area (TPSA) is 12.0 Å². The monoisotopic (exact) mass is 245 g/mol. The van der Waals surface area contributed by atoms with Crippen LogP contribution in [0.15, 0.2) is 36.4 Å². The predicted molar refractivity (Wildman–Crippen MR) is 77.2 cm³/mol. The first-order chi connectivity index (χ1) is 8.19. The van der Waals surface area contributed by atoms with Crippen molar-refractivity contribution in [3.63, 3.8) is 0 Å². The average Bonchev–Trinajstić information content (AvgIpc) is 2.78. The van der Waals surface area contributed by atoms with E-state index in [9.17, 15) is 0 Å². The number of hydrogen-bond acceptors (Lipinski definition) is 2. The van der Waals surface area contributed by atoms with E-state index in [0.717, 1.165) is 6.42 Å². The molecule has 0 radical (unpaired) electrons. The van der Waals surface area contributed by atoms with Gasteiger partial charge in [-0.3, -0.25) is 0 Å². The second kappa shape index (κ2) is 5.37. The van der Waals surface area contributed by atoms with Crippen LogP contribution in [-0.2, 0) is 6.42 Å². The maximum atomic E-state index is 3.18. The highest BCUT2D eigenvalue weighted by molar-refractivity contribution is 7.12. The molecular formula is C15H19NS. The van der Waals surface area contributed by atoms with Crippen LogP contribution in [0.25, 0.3) is 0 Å². The number of anilines is 1. The van der Waals surface area contributed by atoms with E-state index in [0.29, 0.717) is 5.92 Å². The van der Waals surface area contributed by atoms with E-state index in [1.54, 1.807) is 0 Å². The highest BCUT2D eigenvalue weighted by atomic mass is 32.1. The van der Waals surface area contributed by atoms with E-state index in [2.05, 4.69) is 55.6 Å². The molecule has 1 aromatic carbocycles. The van der Waals surface area contributed by atoms with Crippen molar-refractivity contribution in [2.75, 3.05) is 12.4 Å². The Morgan fingerprint density at radius 2 is 2.00 bits per heavy atom. The Labute approximate surface area is 108 Å². The van der Waals surface area contributed by atoms with Gasteiger partial charge in [0.25, 0.3) is 0 Å². The number of thiophene rings is 1. The summed E-state index contributed by atoms with van der Waals surface area (Å²) in [6.07, 6.45) is 1.03. The van der Waals surface area contributed by atoms with E-state index in [4.69, 9.17) is 0 Å². The molecule has 0 aliphatic carbocycles. The zero-order valence-electron chi connectivity index (χ0n) is 10.7. The van der Waals surface area contributed by atoms with Gasteiger partial charge >= 0.3 is 0 Å². The normalized spacial score (nSPS) is 10.8. The first kappa shape index (κ1) is 12.2. The van der Waals surface area contributed by atoms with Gasteiger partial charge in [0, 0.05) is 28.9 Å². The molecule has 1 aromatic heterocycles. The average molecular weight is 245 g/mol. The zero-order valence-corrected chi connectivity index (χ0v) is 11.5. The maximum absolute atomic E-state index is 3.18. The molecule has 0 unspecified atom stereocenters. The van der Waals surface area contributed by atoms with E-state index in [1.807, 2.05) is 18.4 Å². The molecule has 90 valence electrons. The predicted octanol–water partition coefficient (Wildman–Crippen LogP) is 4.50. The molecule has 1 N–H and O–H groups in total. The van der Waals surface area contributed by atoms with E-state index in [1.165, 1.54) is 21.0 Å². The standard InChI is InChI=1S/C15H19NS/c1-11(2)15-8-7-14(17-15)10-12-5-4-6-13(9-12)16-3/h4-9,11,16H,10H2,1-3H3. The Morgan fingerprint density at radius 3 is 2.65 bits per heavy atom. The van der Waals surface area contributed by atoms with Crippen molar-refractivity contribution in [1.82, 2.24) is 0 Å². The largest absolute Gasteiger partial charge is 0.388 e. The van der Waals surface area contributed by atoms with Crippen LogP contribution in [0.2, 0.25) is 0 Å². The smallest absolute Gasteiger partial charge is 0.0340 e. The second-order valence-corrected chi connectivity index (χ2v) is 5.79. The molecular weight excluding hydrogens is 226 g/mol. The Hall–Kier alpha value is -1.28. The van der Waals surface area contributed by atoms with Crippen LogP contribution >= 0.6 is 11.3 Å². The summed E-state index contributed by atoms with van der Waals surface area (Å²) >= 11 is 1.93. The minimum absolute atomic E-state index is 0.636. The van der Waals surface area contributed by atoms with Crippen molar-refractivity contribution in [2.45, 2.75) is 26.2 Å². The molecule has 0 saturated carbocycles. The van der Waals surface area contributed by atoms with Crippen molar-refractivity contribution in [2.24, 2.45) is 0 Å². The van der Waals surface area contributed by atoms with Crippen LogP contribution in [0, 0.1) is 0 Å². The van der Waals surface area contributed by atoms with Crippen molar-refractivity contribution in [3.8, 4) is 0 Å².